The highest BCUT2D eigenvalue weighted by molar-refractivity contribution is 7.10. The van der Waals surface area contributed by atoms with Gasteiger partial charge in [-0.2, -0.15) is 0 Å². The van der Waals surface area contributed by atoms with E-state index in [0.717, 1.165) is 15.3 Å². The van der Waals surface area contributed by atoms with Gasteiger partial charge in [0, 0.05) is 22.9 Å². The Morgan fingerprint density at radius 3 is 2.52 bits per heavy atom. The van der Waals surface area contributed by atoms with Crippen LogP contribution in [0.15, 0.2) is 41.8 Å². The molecule has 1 saturated heterocycles. The van der Waals surface area contributed by atoms with E-state index < -0.39 is 11.6 Å². The Labute approximate surface area is 166 Å². The Kier molecular flexibility index (Phi) is 5.53. The number of nitrogens with zero attached hydrogens (tertiary/aromatic N) is 1. The molecule has 0 bridgehead atoms. The zero-order valence-corrected chi connectivity index (χ0v) is 16.6. The minimum absolute atomic E-state index is 0.0324. The average molecular weight is 406 g/mol. The summed E-state index contributed by atoms with van der Waals surface area (Å²) >= 11 is 7.50. The van der Waals surface area contributed by atoms with Gasteiger partial charge < -0.3 is 10.6 Å². The number of rotatable bonds is 6. The number of benzene rings is 1. The monoisotopic (exact) mass is 405 g/mol. The van der Waals surface area contributed by atoms with E-state index in [0.29, 0.717) is 5.02 Å². The molecule has 4 amide bonds. The van der Waals surface area contributed by atoms with Crippen molar-refractivity contribution in [2.75, 3.05) is 6.54 Å². The van der Waals surface area contributed by atoms with Gasteiger partial charge in [0.25, 0.3) is 5.91 Å². The highest BCUT2D eigenvalue weighted by atomic mass is 35.5. The summed E-state index contributed by atoms with van der Waals surface area (Å²) in [5.74, 6) is -0.568. The molecule has 0 aliphatic carbocycles. The molecule has 3 rings (SSSR count). The number of nitrogens with one attached hydrogen (secondary N) is 2. The van der Waals surface area contributed by atoms with Gasteiger partial charge in [0.15, 0.2) is 0 Å². The van der Waals surface area contributed by atoms with Crippen molar-refractivity contribution in [3.63, 3.8) is 0 Å². The molecular weight excluding hydrogens is 386 g/mol. The second-order valence-corrected chi connectivity index (χ2v) is 8.25. The van der Waals surface area contributed by atoms with Crippen molar-refractivity contribution < 1.29 is 14.4 Å². The van der Waals surface area contributed by atoms with E-state index >= 15 is 0 Å². The molecule has 0 saturated carbocycles. The van der Waals surface area contributed by atoms with Crippen LogP contribution in [0.2, 0.25) is 5.02 Å². The van der Waals surface area contributed by atoms with Crippen LogP contribution >= 0.6 is 22.9 Å². The molecule has 1 aliphatic rings. The SMILES string of the molecule is CC1(C)NC(=O)N(CCC(=O)N[C@@H](c2ccc(Cl)cc2)c2cccs2)C1=O. The molecule has 6 nitrogen and oxygen atoms in total. The lowest BCUT2D eigenvalue weighted by Crippen LogP contribution is -2.41. The average Bonchev–Trinajstić information content (AvgIpc) is 3.20. The molecule has 2 heterocycles. The van der Waals surface area contributed by atoms with E-state index in [4.69, 9.17) is 11.6 Å². The number of amides is 4. The first-order valence-corrected chi connectivity index (χ1v) is 9.76. The fraction of sp³-hybridized carbons (Fsp3) is 0.316. The molecule has 1 aromatic heterocycles. The van der Waals surface area contributed by atoms with E-state index in [9.17, 15) is 14.4 Å². The molecule has 0 spiro atoms. The van der Waals surface area contributed by atoms with E-state index in [1.807, 2.05) is 29.6 Å². The summed E-state index contributed by atoms with van der Waals surface area (Å²) in [4.78, 5) is 38.7. The van der Waals surface area contributed by atoms with E-state index in [1.54, 1.807) is 26.0 Å². The van der Waals surface area contributed by atoms with Crippen LogP contribution in [0, 0.1) is 0 Å². The van der Waals surface area contributed by atoms with Crippen LogP contribution in [-0.4, -0.2) is 34.8 Å². The zero-order chi connectivity index (χ0) is 19.6. The third-order valence-corrected chi connectivity index (χ3v) is 5.53. The number of thiophene rings is 1. The first kappa shape index (κ1) is 19.4. The van der Waals surface area contributed by atoms with Gasteiger partial charge in [-0.1, -0.05) is 29.8 Å². The Morgan fingerprint density at radius 2 is 1.96 bits per heavy atom. The van der Waals surface area contributed by atoms with Crippen molar-refractivity contribution in [2.45, 2.75) is 31.8 Å². The molecule has 2 N–H and O–H groups in total. The second-order valence-electron chi connectivity index (χ2n) is 6.83. The van der Waals surface area contributed by atoms with Crippen LogP contribution in [-0.2, 0) is 9.59 Å². The molecule has 1 aromatic carbocycles. The van der Waals surface area contributed by atoms with Gasteiger partial charge in [0.2, 0.25) is 5.91 Å². The quantitative estimate of drug-likeness (QED) is 0.723. The molecule has 8 heteroatoms. The van der Waals surface area contributed by atoms with Crippen molar-refractivity contribution >= 4 is 40.8 Å². The summed E-state index contributed by atoms with van der Waals surface area (Å²) < 4.78 is 0. The highest BCUT2D eigenvalue weighted by Gasteiger charge is 2.44. The fourth-order valence-electron chi connectivity index (χ4n) is 2.90. The van der Waals surface area contributed by atoms with Gasteiger partial charge in [0.05, 0.1) is 6.04 Å². The first-order chi connectivity index (χ1) is 12.8. The standard InChI is InChI=1S/C19H20ClN3O3S/c1-19(2)17(25)23(18(26)22-19)10-9-15(24)21-16(14-4-3-11-27-14)12-5-7-13(20)8-6-12/h3-8,11,16H,9-10H2,1-2H3,(H,21,24)(H,22,26)/t16-/m0/s1. The summed E-state index contributed by atoms with van der Waals surface area (Å²) in [6, 6.07) is 10.4. The maximum Gasteiger partial charge on any atom is 0.325 e. The van der Waals surface area contributed by atoms with Crippen molar-refractivity contribution in [1.29, 1.82) is 0 Å². The zero-order valence-electron chi connectivity index (χ0n) is 15.0. The topological polar surface area (TPSA) is 78.5 Å². The number of hydrogen-bond acceptors (Lipinski definition) is 4. The van der Waals surface area contributed by atoms with E-state index in [2.05, 4.69) is 10.6 Å². The molecule has 27 heavy (non-hydrogen) atoms. The van der Waals surface area contributed by atoms with Gasteiger partial charge in [0.1, 0.15) is 5.54 Å². The second kappa shape index (κ2) is 7.70. The predicted octanol–water partition coefficient (Wildman–Crippen LogP) is 3.33. The number of urea groups is 1. The molecule has 1 aliphatic heterocycles. The van der Waals surface area contributed by atoms with Crippen molar-refractivity contribution in [1.82, 2.24) is 15.5 Å². The summed E-state index contributed by atoms with van der Waals surface area (Å²) in [5.41, 5.74) is -0.0255. The van der Waals surface area contributed by atoms with E-state index in [1.165, 1.54) is 11.3 Å². The number of hydrogen-bond donors (Lipinski definition) is 2. The predicted molar refractivity (Wildman–Crippen MR) is 105 cm³/mol. The number of carbonyl (C=O) groups is 3. The summed E-state index contributed by atoms with van der Waals surface area (Å²) in [5, 5.41) is 8.16. The third kappa shape index (κ3) is 4.31. The molecule has 142 valence electrons. The fourth-order valence-corrected chi connectivity index (χ4v) is 3.83. The molecule has 1 fully saturated rings. The maximum absolute atomic E-state index is 12.5. The van der Waals surface area contributed by atoms with Gasteiger partial charge in [-0.05, 0) is 43.0 Å². The van der Waals surface area contributed by atoms with Gasteiger partial charge in [-0.15, -0.1) is 11.3 Å². The number of imide groups is 1. The highest BCUT2D eigenvalue weighted by Crippen LogP contribution is 2.27. The maximum atomic E-state index is 12.5. The minimum Gasteiger partial charge on any atom is -0.344 e. The molecule has 0 unspecified atom stereocenters. The van der Waals surface area contributed by atoms with Crippen molar-refractivity contribution in [3.8, 4) is 0 Å². The smallest absolute Gasteiger partial charge is 0.325 e. The molecule has 1 atom stereocenters. The summed E-state index contributed by atoms with van der Waals surface area (Å²) in [6.45, 7) is 3.32. The number of halogens is 1. The Hall–Kier alpha value is -2.38. The normalized spacial score (nSPS) is 16.9. The first-order valence-electron chi connectivity index (χ1n) is 8.50. The van der Waals surface area contributed by atoms with Gasteiger partial charge in [-0.25, -0.2) is 4.79 Å². The number of carbonyl (C=O) groups excluding carboxylic acids is 3. The molecule has 2 aromatic rings. The van der Waals surface area contributed by atoms with Crippen molar-refractivity contribution in [3.05, 3.63) is 57.2 Å². The summed E-state index contributed by atoms with van der Waals surface area (Å²) in [6.07, 6.45) is 0.0324. The third-order valence-electron chi connectivity index (χ3n) is 4.34. The molecular formula is C19H20ClN3O3S. The lowest BCUT2D eigenvalue weighted by molar-refractivity contribution is -0.130. The lowest BCUT2D eigenvalue weighted by atomic mass is 10.1. The Balaban J connectivity index is 1.68. The Morgan fingerprint density at radius 1 is 1.26 bits per heavy atom. The van der Waals surface area contributed by atoms with Gasteiger partial charge in [-0.3, -0.25) is 14.5 Å². The molecule has 0 radical (unpaired) electrons. The minimum atomic E-state index is -0.934. The van der Waals surface area contributed by atoms with Crippen LogP contribution in [0.25, 0.3) is 0 Å². The lowest BCUT2D eigenvalue weighted by Gasteiger charge is -2.20. The van der Waals surface area contributed by atoms with E-state index in [-0.39, 0.29) is 30.8 Å². The van der Waals surface area contributed by atoms with Crippen LogP contribution < -0.4 is 10.6 Å². The van der Waals surface area contributed by atoms with Crippen LogP contribution in [0.1, 0.15) is 36.8 Å². The van der Waals surface area contributed by atoms with Crippen LogP contribution in [0.4, 0.5) is 4.79 Å². The van der Waals surface area contributed by atoms with Gasteiger partial charge >= 0.3 is 6.03 Å². The Bertz CT molecular complexity index is 850. The van der Waals surface area contributed by atoms with Crippen molar-refractivity contribution in [2.24, 2.45) is 0 Å². The summed E-state index contributed by atoms with van der Waals surface area (Å²) in [7, 11) is 0. The van der Waals surface area contributed by atoms with Crippen LogP contribution in [0.5, 0.6) is 0 Å². The largest absolute Gasteiger partial charge is 0.344 e. The van der Waals surface area contributed by atoms with Crippen LogP contribution in [0.3, 0.4) is 0 Å².